The van der Waals surface area contributed by atoms with Crippen LogP contribution in [0.25, 0.3) is 0 Å². The number of amides is 1. The molecule has 126 valence electrons. The third-order valence-corrected chi connectivity index (χ3v) is 4.61. The maximum Gasteiger partial charge on any atom is 0.227 e. The second-order valence-corrected chi connectivity index (χ2v) is 6.54. The van der Waals surface area contributed by atoms with Crippen molar-refractivity contribution in [3.63, 3.8) is 0 Å². The molecule has 1 heterocycles. The molecule has 0 atom stereocenters. The number of benzene rings is 2. The molecule has 2 aromatic rings. The number of hydrogen-bond donors (Lipinski definition) is 0. The summed E-state index contributed by atoms with van der Waals surface area (Å²) in [6.07, 6.45) is 0.248. The first kappa shape index (κ1) is 16.8. The van der Waals surface area contributed by atoms with Gasteiger partial charge in [0.25, 0.3) is 0 Å². The minimum atomic E-state index is -0.302. The minimum absolute atomic E-state index is 0.0491. The zero-order valence-corrected chi connectivity index (χ0v) is 14.4. The molecule has 0 unspecified atom stereocenters. The second kappa shape index (κ2) is 7.22. The predicted octanol–water partition coefficient (Wildman–Crippen LogP) is 3.68. The van der Waals surface area contributed by atoms with Crippen LogP contribution in [0.1, 0.15) is 11.1 Å². The molecule has 0 spiro atoms. The lowest BCUT2D eigenvalue weighted by molar-refractivity contribution is -0.130. The van der Waals surface area contributed by atoms with E-state index in [1.807, 2.05) is 30.0 Å². The topological polar surface area (TPSA) is 23.6 Å². The van der Waals surface area contributed by atoms with Gasteiger partial charge in [0.05, 0.1) is 6.42 Å². The largest absolute Gasteiger partial charge is 0.368 e. The number of rotatable bonds is 3. The molecule has 1 saturated heterocycles. The number of hydrogen-bond acceptors (Lipinski definition) is 2. The number of nitrogens with zero attached hydrogens (tertiary/aromatic N) is 2. The Morgan fingerprint density at radius 2 is 1.88 bits per heavy atom. The molecule has 1 amide bonds. The van der Waals surface area contributed by atoms with Crippen molar-refractivity contribution < 1.29 is 9.18 Å². The van der Waals surface area contributed by atoms with Crippen LogP contribution < -0.4 is 4.90 Å². The summed E-state index contributed by atoms with van der Waals surface area (Å²) in [6.45, 7) is 4.98. The first-order valence-electron chi connectivity index (χ1n) is 8.06. The van der Waals surface area contributed by atoms with Crippen molar-refractivity contribution in [1.29, 1.82) is 0 Å². The van der Waals surface area contributed by atoms with E-state index in [4.69, 9.17) is 11.6 Å². The molecule has 2 aromatic carbocycles. The van der Waals surface area contributed by atoms with E-state index < -0.39 is 0 Å². The molecule has 0 aliphatic carbocycles. The Hall–Kier alpha value is -2.07. The Morgan fingerprint density at radius 1 is 1.12 bits per heavy atom. The van der Waals surface area contributed by atoms with E-state index in [1.54, 1.807) is 12.1 Å². The van der Waals surface area contributed by atoms with Crippen LogP contribution in [0.4, 0.5) is 10.1 Å². The van der Waals surface area contributed by atoms with Gasteiger partial charge in [0.1, 0.15) is 5.82 Å². The average molecular weight is 347 g/mol. The van der Waals surface area contributed by atoms with Gasteiger partial charge in [-0.15, -0.1) is 0 Å². The van der Waals surface area contributed by atoms with Gasteiger partial charge in [-0.25, -0.2) is 4.39 Å². The summed E-state index contributed by atoms with van der Waals surface area (Å²) in [7, 11) is 0. The lowest BCUT2D eigenvalue weighted by Crippen LogP contribution is -2.49. The lowest BCUT2D eigenvalue weighted by atomic mass is 10.1. The molecule has 3 rings (SSSR count). The molecule has 1 aliphatic heterocycles. The summed E-state index contributed by atoms with van der Waals surface area (Å²) < 4.78 is 13.2. The molecular formula is C19H20ClFN2O. The van der Waals surface area contributed by atoms with Crippen LogP contribution in [0.15, 0.2) is 42.5 Å². The van der Waals surface area contributed by atoms with E-state index in [0.29, 0.717) is 13.1 Å². The summed E-state index contributed by atoms with van der Waals surface area (Å²) >= 11 is 6.01. The van der Waals surface area contributed by atoms with Gasteiger partial charge in [0, 0.05) is 36.9 Å². The summed E-state index contributed by atoms with van der Waals surface area (Å²) in [5.74, 6) is -0.253. The fourth-order valence-corrected chi connectivity index (χ4v) is 3.33. The van der Waals surface area contributed by atoms with Gasteiger partial charge in [-0.2, -0.15) is 0 Å². The first-order valence-corrected chi connectivity index (χ1v) is 8.44. The van der Waals surface area contributed by atoms with Gasteiger partial charge in [-0.05, 0) is 48.4 Å². The van der Waals surface area contributed by atoms with Crippen LogP contribution in [0.5, 0.6) is 0 Å². The number of anilines is 1. The van der Waals surface area contributed by atoms with Gasteiger partial charge in [-0.1, -0.05) is 23.7 Å². The van der Waals surface area contributed by atoms with Crippen LogP contribution in [-0.2, 0) is 11.2 Å². The van der Waals surface area contributed by atoms with Crippen molar-refractivity contribution in [3.05, 3.63) is 64.4 Å². The Kier molecular flexibility index (Phi) is 5.05. The van der Waals surface area contributed by atoms with E-state index in [0.717, 1.165) is 34.9 Å². The normalized spacial score (nSPS) is 14.8. The fourth-order valence-electron chi connectivity index (χ4n) is 3.10. The van der Waals surface area contributed by atoms with E-state index in [-0.39, 0.29) is 18.1 Å². The highest BCUT2D eigenvalue weighted by Gasteiger charge is 2.22. The van der Waals surface area contributed by atoms with Gasteiger partial charge in [-0.3, -0.25) is 4.79 Å². The fraction of sp³-hybridized carbons (Fsp3) is 0.316. The smallest absolute Gasteiger partial charge is 0.227 e. The van der Waals surface area contributed by atoms with Crippen molar-refractivity contribution >= 4 is 23.2 Å². The van der Waals surface area contributed by atoms with Crippen molar-refractivity contribution in [3.8, 4) is 0 Å². The molecule has 0 bridgehead atoms. The highest BCUT2D eigenvalue weighted by Crippen LogP contribution is 2.24. The van der Waals surface area contributed by atoms with Crippen LogP contribution >= 0.6 is 11.6 Å². The minimum Gasteiger partial charge on any atom is -0.368 e. The maximum atomic E-state index is 13.2. The van der Waals surface area contributed by atoms with Crippen molar-refractivity contribution in [2.45, 2.75) is 13.3 Å². The first-order chi connectivity index (χ1) is 11.5. The van der Waals surface area contributed by atoms with Crippen molar-refractivity contribution in [1.82, 2.24) is 4.90 Å². The molecule has 1 aliphatic rings. The molecule has 1 fully saturated rings. The average Bonchev–Trinajstić information content (AvgIpc) is 2.55. The third-order valence-electron chi connectivity index (χ3n) is 4.38. The summed E-state index contributed by atoms with van der Waals surface area (Å²) in [6, 6.07) is 12.1. The monoisotopic (exact) mass is 346 g/mol. The van der Waals surface area contributed by atoms with Gasteiger partial charge >= 0.3 is 0 Å². The van der Waals surface area contributed by atoms with Crippen LogP contribution in [-0.4, -0.2) is 37.0 Å². The van der Waals surface area contributed by atoms with E-state index in [2.05, 4.69) is 4.90 Å². The van der Waals surface area contributed by atoms with Crippen LogP contribution in [0.3, 0.4) is 0 Å². The van der Waals surface area contributed by atoms with Crippen LogP contribution in [0, 0.1) is 12.7 Å². The Labute approximate surface area is 146 Å². The van der Waals surface area contributed by atoms with E-state index >= 15 is 0 Å². The standard InChI is InChI=1S/C19H20ClFN2O/c1-14-11-16(20)5-6-18(14)22-7-9-23(10-8-22)19(24)13-15-3-2-4-17(21)12-15/h2-6,11-12H,7-10,13H2,1H3. The molecule has 0 aromatic heterocycles. The van der Waals surface area contributed by atoms with Crippen molar-refractivity contribution in [2.75, 3.05) is 31.1 Å². The Bertz CT molecular complexity index is 742. The number of carbonyl (C=O) groups excluding carboxylic acids is 1. The van der Waals surface area contributed by atoms with Gasteiger partial charge in [0.15, 0.2) is 0 Å². The van der Waals surface area contributed by atoms with E-state index in [1.165, 1.54) is 12.1 Å². The quantitative estimate of drug-likeness (QED) is 0.846. The van der Waals surface area contributed by atoms with Crippen LogP contribution in [0.2, 0.25) is 5.02 Å². The third kappa shape index (κ3) is 3.88. The Morgan fingerprint density at radius 3 is 2.54 bits per heavy atom. The molecule has 5 heteroatoms. The number of piperazine rings is 1. The molecule has 24 heavy (non-hydrogen) atoms. The SMILES string of the molecule is Cc1cc(Cl)ccc1N1CCN(C(=O)Cc2cccc(F)c2)CC1. The Balaban J connectivity index is 1.59. The zero-order chi connectivity index (χ0) is 17.1. The second-order valence-electron chi connectivity index (χ2n) is 6.11. The summed E-state index contributed by atoms with van der Waals surface area (Å²) in [5, 5.41) is 0.736. The van der Waals surface area contributed by atoms with Gasteiger partial charge < -0.3 is 9.80 Å². The van der Waals surface area contributed by atoms with Gasteiger partial charge in [0.2, 0.25) is 5.91 Å². The number of halogens is 2. The lowest BCUT2D eigenvalue weighted by Gasteiger charge is -2.37. The highest BCUT2D eigenvalue weighted by molar-refractivity contribution is 6.30. The zero-order valence-electron chi connectivity index (χ0n) is 13.6. The number of aryl methyl sites for hydroxylation is 1. The highest BCUT2D eigenvalue weighted by atomic mass is 35.5. The molecule has 0 radical (unpaired) electrons. The molecular weight excluding hydrogens is 327 g/mol. The molecule has 3 nitrogen and oxygen atoms in total. The summed E-state index contributed by atoms with van der Waals surface area (Å²) in [4.78, 5) is 16.5. The molecule has 0 N–H and O–H groups in total. The van der Waals surface area contributed by atoms with E-state index in [9.17, 15) is 9.18 Å². The molecule has 0 saturated carbocycles. The maximum absolute atomic E-state index is 13.2. The summed E-state index contributed by atoms with van der Waals surface area (Å²) in [5.41, 5.74) is 3.02. The van der Waals surface area contributed by atoms with Crippen molar-refractivity contribution in [2.24, 2.45) is 0 Å². The number of carbonyl (C=O) groups is 1. The predicted molar refractivity (Wildman–Crippen MR) is 95.1 cm³/mol.